The average Bonchev–Trinajstić information content (AvgIpc) is 3.35. The van der Waals surface area contributed by atoms with Crippen molar-refractivity contribution in [1.29, 1.82) is 0 Å². The normalized spacial score (nSPS) is 17.3. The predicted molar refractivity (Wildman–Crippen MR) is 138 cm³/mol. The molecule has 2 heterocycles. The summed E-state index contributed by atoms with van der Waals surface area (Å²) >= 11 is 5.89. The average molecular weight is 484 g/mol. The standard InChI is InChI=1S/C28H38ClN3O2/c1-20-16-25(17-21(2)27(20)26(33)10-9-22-6-3-4-7-22)34-15-5-8-23-11-13-32(14-12-23)28-30-18-24(29)19-31-28/h16-19,22-23H,3-15H2,1-2H3. The summed E-state index contributed by atoms with van der Waals surface area (Å²) in [6.45, 7) is 6.78. The van der Waals surface area contributed by atoms with Crippen LogP contribution in [0, 0.1) is 25.7 Å². The van der Waals surface area contributed by atoms with Crippen molar-refractivity contribution in [2.75, 3.05) is 24.6 Å². The SMILES string of the molecule is Cc1cc(OCCCC2CCN(c3ncc(Cl)cn3)CC2)cc(C)c1C(=O)CCC1CCCC1. The van der Waals surface area contributed by atoms with Crippen LogP contribution in [0.3, 0.4) is 0 Å². The van der Waals surface area contributed by atoms with Crippen molar-refractivity contribution in [1.82, 2.24) is 9.97 Å². The second-order valence-electron chi connectivity index (χ2n) is 10.2. The maximum absolute atomic E-state index is 12.9. The van der Waals surface area contributed by atoms with E-state index in [2.05, 4.69) is 14.9 Å². The zero-order chi connectivity index (χ0) is 23.9. The van der Waals surface area contributed by atoms with E-state index in [-0.39, 0.29) is 0 Å². The number of benzene rings is 1. The molecule has 0 atom stereocenters. The molecule has 1 aromatic carbocycles. The van der Waals surface area contributed by atoms with Crippen molar-refractivity contribution >= 4 is 23.3 Å². The van der Waals surface area contributed by atoms with Crippen LogP contribution in [0.25, 0.3) is 0 Å². The van der Waals surface area contributed by atoms with Gasteiger partial charge in [-0.2, -0.15) is 0 Å². The lowest BCUT2D eigenvalue weighted by Crippen LogP contribution is -2.34. The molecule has 1 aromatic heterocycles. The van der Waals surface area contributed by atoms with Crippen LogP contribution in [0.1, 0.15) is 85.7 Å². The Balaban J connectivity index is 1.18. The Bertz CT molecular complexity index is 926. The summed E-state index contributed by atoms with van der Waals surface area (Å²) in [5.41, 5.74) is 2.99. The number of halogens is 1. The maximum Gasteiger partial charge on any atom is 0.225 e. The summed E-state index contributed by atoms with van der Waals surface area (Å²) < 4.78 is 6.08. The molecule has 2 aromatic rings. The highest BCUT2D eigenvalue weighted by Crippen LogP contribution is 2.30. The molecule has 0 N–H and O–H groups in total. The van der Waals surface area contributed by atoms with Crippen LogP contribution in [0.2, 0.25) is 5.02 Å². The smallest absolute Gasteiger partial charge is 0.225 e. The van der Waals surface area contributed by atoms with Crippen LogP contribution in [0.4, 0.5) is 5.95 Å². The number of nitrogens with zero attached hydrogens (tertiary/aromatic N) is 3. The number of carbonyl (C=O) groups is 1. The Kier molecular flexibility index (Phi) is 8.82. The van der Waals surface area contributed by atoms with E-state index in [1.807, 2.05) is 26.0 Å². The van der Waals surface area contributed by atoms with Gasteiger partial charge in [0.2, 0.25) is 5.95 Å². The lowest BCUT2D eigenvalue weighted by Gasteiger charge is -2.32. The number of piperidine rings is 1. The summed E-state index contributed by atoms with van der Waals surface area (Å²) in [5, 5.41) is 0.574. The highest BCUT2D eigenvalue weighted by Gasteiger charge is 2.21. The maximum atomic E-state index is 12.9. The third kappa shape index (κ3) is 6.71. The van der Waals surface area contributed by atoms with Crippen LogP contribution in [-0.4, -0.2) is 35.4 Å². The number of ketones is 1. The largest absolute Gasteiger partial charge is 0.494 e. The van der Waals surface area contributed by atoms with Gasteiger partial charge in [-0.05, 0) is 81.0 Å². The number of hydrogen-bond donors (Lipinski definition) is 0. The number of hydrogen-bond acceptors (Lipinski definition) is 5. The van der Waals surface area contributed by atoms with Gasteiger partial charge in [0.05, 0.1) is 24.0 Å². The molecule has 1 saturated heterocycles. The first-order chi connectivity index (χ1) is 16.5. The van der Waals surface area contributed by atoms with Gasteiger partial charge in [-0.3, -0.25) is 4.79 Å². The molecule has 2 fully saturated rings. The minimum atomic E-state index is 0.295. The minimum Gasteiger partial charge on any atom is -0.494 e. The van der Waals surface area contributed by atoms with Crippen LogP contribution < -0.4 is 9.64 Å². The van der Waals surface area contributed by atoms with Crippen molar-refractivity contribution in [3.63, 3.8) is 0 Å². The molecule has 1 aliphatic carbocycles. The summed E-state index contributed by atoms with van der Waals surface area (Å²) in [6.07, 6.45) is 14.8. The Morgan fingerprint density at radius 3 is 2.26 bits per heavy atom. The first-order valence-electron chi connectivity index (χ1n) is 13.0. The molecule has 1 saturated carbocycles. The Morgan fingerprint density at radius 1 is 1.00 bits per heavy atom. The molecule has 184 valence electrons. The number of aromatic nitrogens is 2. The van der Waals surface area contributed by atoms with Gasteiger partial charge in [0.15, 0.2) is 5.78 Å². The quantitative estimate of drug-likeness (QED) is 0.269. The highest BCUT2D eigenvalue weighted by molar-refractivity contribution is 6.30. The van der Waals surface area contributed by atoms with Gasteiger partial charge in [-0.15, -0.1) is 0 Å². The lowest BCUT2D eigenvalue weighted by molar-refractivity contribution is 0.0972. The van der Waals surface area contributed by atoms with E-state index in [9.17, 15) is 4.79 Å². The molecule has 0 bridgehead atoms. The van der Waals surface area contributed by atoms with Crippen molar-refractivity contribution in [2.24, 2.45) is 11.8 Å². The summed E-state index contributed by atoms with van der Waals surface area (Å²) in [5.74, 6) is 3.43. The second kappa shape index (κ2) is 12.0. The van der Waals surface area contributed by atoms with Gasteiger partial charge in [0.1, 0.15) is 5.75 Å². The van der Waals surface area contributed by atoms with Crippen LogP contribution in [0.5, 0.6) is 5.75 Å². The zero-order valence-electron chi connectivity index (χ0n) is 20.7. The number of aryl methyl sites for hydroxylation is 2. The van der Waals surface area contributed by atoms with Crippen LogP contribution >= 0.6 is 11.6 Å². The van der Waals surface area contributed by atoms with E-state index in [0.29, 0.717) is 23.8 Å². The van der Waals surface area contributed by atoms with E-state index >= 15 is 0 Å². The van der Waals surface area contributed by atoms with Crippen LogP contribution in [-0.2, 0) is 0 Å². The molecule has 4 rings (SSSR count). The number of rotatable bonds is 10. The van der Waals surface area contributed by atoms with E-state index in [0.717, 1.165) is 79.0 Å². The fourth-order valence-corrected chi connectivity index (χ4v) is 5.76. The molecule has 0 unspecified atom stereocenters. The monoisotopic (exact) mass is 483 g/mol. The molecular formula is C28H38ClN3O2. The van der Waals surface area contributed by atoms with Gasteiger partial charge in [0.25, 0.3) is 0 Å². The number of anilines is 1. The minimum absolute atomic E-state index is 0.295. The second-order valence-corrected chi connectivity index (χ2v) is 10.6. The van der Waals surface area contributed by atoms with E-state index in [1.165, 1.54) is 32.1 Å². The third-order valence-electron chi connectivity index (χ3n) is 7.57. The van der Waals surface area contributed by atoms with Crippen molar-refractivity contribution in [3.8, 4) is 5.75 Å². The first kappa shape index (κ1) is 25.0. The molecule has 2 aliphatic rings. The molecule has 0 spiro atoms. The fraction of sp³-hybridized carbons (Fsp3) is 0.607. The number of carbonyl (C=O) groups excluding carboxylic acids is 1. The molecule has 34 heavy (non-hydrogen) atoms. The van der Waals surface area contributed by atoms with Crippen LogP contribution in [0.15, 0.2) is 24.5 Å². The highest BCUT2D eigenvalue weighted by atomic mass is 35.5. The summed E-state index contributed by atoms with van der Waals surface area (Å²) in [4.78, 5) is 23.8. The number of ether oxygens (including phenoxy) is 1. The van der Waals surface area contributed by atoms with E-state index in [1.54, 1.807) is 12.4 Å². The first-order valence-corrected chi connectivity index (χ1v) is 13.4. The van der Waals surface area contributed by atoms with Gasteiger partial charge < -0.3 is 9.64 Å². The van der Waals surface area contributed by atoms with E-state index in [4.69, 9.17) is 16.3 Å². The Labute approximate surface area is 209 Å². The molecule has 1 aliphatic heterocycles. The molecule has 0 amide bonds. The summed E-state index contributed by atoms with van der Waals surface area (Å²) in [6, 6.07) is 4.08. The van der Waals surface area contributed by atoms with Gasteiger partial charge in [-0.1, -0.05) is 37.3 Å². The third-order valence-corrected chi connectivity index (χ3v) is 7.76. The number of Topliss-reactive ketones (excluding diaryl/α,β-unsaturated/α-hetero) is 1. The molecular weight excluding hydrogens is 446 g/mol. The van der Waals surface area contributed by atoms with Gasteiger partial charge in [0, 0.05) is 25.1 Å². The Hall–Kier alpha value is -2.14. The molecule has 0 radical (unpaired) electrons. The zero-order valence-corrected chi connectivity index (χ0v) is 21.4. The molecule has 5 nitrogen and oxygen atoms in total. The van der Waals surface area contributed by atoms with E-state index < -0.39 is 0 Å². The lowest BCUT2D eigenvalue weighted by atomic mass is 9.92. The van der Waals surface area contributed by atoms with Gasteiger partial charge >= 0.3 is 0 Å². The summed E-state index contributed by atoms with van der Waals surface area (Å²) in [7, 11) is 0. The van der Waals surface area contributed by atoms with Crippen molar-refractivity contribution in [3.05, 3.63) is 46.2 Å². The van der Waals surface area contributed by atoms with Gasteiger partial charge in [-0.25, -0.2) is 9.97 Å². The topological polar surface area (TPSA) is 55.3 Å². The Morgan fingerprint density at radius 2 is 1.62 bits per heavy atom. The fourth-order valence-electron chi connectivity index (χ4n) is 5.66. The molecule has 6 heteroatoms. The van der Waals surface area contributed by atoms with Crippen molar-refractivity contribution < 1.29 is 9.53 Å². The van der Waals surface area contributed by atoms with Crippen molar-refractivity contribution in [2.45, 2.75) is 78.1 Å². The predicted octanol–water partition coefficient (Wildman–Crippen LogP) is 6.98.